The highest BCUT2D eigenvalue weighted by molar-refractivity contribution is 7.52. The molecular formula is C65H133O10P. The normalized spacial score (nSPS) is 13.7. The molecule has 0 saturated carbocycles. The van der Waals surface area contributed by atoms with Crippen LogP contribution in [0.25, 0.3) is 0 Å². The van der Waals surface area contributed by atoms with E-state index in [2.05, 4.69) is 27.7 Å². The molecule has 0 saturated heterocycles. The molecule has 0 spiro atoms. The molecule has 0 fully saturated rings. The van der Waals surface area contributed by atoms with Gasteiger partial charge in [0.25, 0.3) is 0 Å². The van der Waals surface area contributed by atoms with Crippen LogP contribution in [-0.4, -0.2) is 98.5 Å². The van der Waals surface area contributed by atoms with Gasteiger partial charge in [0.05, 0.1) is 33.0 Å². The lowest BCUT2D eigenvalue weighted by atomic mass is 10.1. The van der Waals surface area contributed by atoms with Crippen LogP contribution in [0.15, 0.2) is 0 Å². The van der Waals surface area contributed by atoms with Crippen LogP contribution < -0.4 is 0 Å². The second-order valence-electron chi connectivity index (χ2n) is 23.1. The van der Waals surface area contributed by atoms with E-state index in [0.29, 0.717) is 33.0 Å². The second-order valence-corrected chi connectivity index (χ2v) is 24.8. The van der Waals surface area contributed by atoms with Gasteiger partial charge in [0, 0.05) is 26.4 Å². The summed E-state index contributed by atoms with van der Waals surface area (Å²) in [7, 11) is -4.87. The van der Waals surface area contributed by atoms with Crippen molar-refractivity contribution in [3.63, 3.8) is 0 Å². The van der Waals surface area contributed by atoms with Gasteiger partial charge in [-0.2, -0.15) is 0 Å². The summed E-state index contributed by atoms with van der Waals surface area (Å²) in [6.45, 7) is 11.9. The van der Waals surface area contributed by atoms with Crippen LogP contribution in [0.4, 0.5) is 0 Å². The van der Waals surface area contributed by atoms with E-state index in [1.807, 2.05) is 0 Å². The first-order valence-electron chi connectivity index (χ1n) is 33.6. The van der Waals surface area contributed by atoms with Crippen molar-refractivity contribution in [3.05, 3.63) is 0 Å². The fourth-order valence-electron chi connectivity index (χ4n) is 10.2. The summed E-state index contributed by atoms with van der Waals surface area (Å²) in [6.07, 6.45) is 59.0. The molecule has 76 heavy (non-hydrogen) atoms. The van der Waals surface area contributed by atoms with Crippen molar-refractivity contribution in [1.29, 1.82) is 0 Å². The number of hydrogen-bond acceptors (Lipinski definition) is 8. The third kappa shape index (κ3) is 57.1. The Kier molecular flexibility index (Phi) is 62.4. The van der Waals surface area contributed by atoms with Crippen molar-refractivity contribution >= 4 is 7.60 Å². The molecule has 0 aromatic rings. The quantitative estimate of drug-likeness (QED) is 0.0399. The minimum atomic E-state index is -4.87. The minimum absolute atomic E-state index is 0.0959. The average molecular weight is 1110 g/mol. The Labute approximate surface area is 473 Å². The van der Waals surface area contributed by atoms with Gasteiger partial charge in [-0.15, -0.1) is 0 Å². The summed E-state index contributed by atoms with van der Waals surface area (Å²) in [5.41, 5.74) is 0. The maximum atomic E-state index is 12.8. The summed E-state index contributed by atoms with van der Waals surface area (Å²) < 4.78 is 49.4. The molecule has 3 N–H and O–H groups in total. The van der Waals surface area contributed by atoms with Gasteiger partial charge in [-0.1, -0.05) is 310 Å². The maximum Gasteiger partial charge on any atom is 0.356 e. The van der Waals surface area contributed by atoms with Crippen molar-refractivity contribution in [2.75, 3.05) is 59.5 Å². The van der Waals surface area contributed by atoms with E-state index in [1.165, 1.54) is 257 Å². The summed E-state index contributed by atoms with van der Waals surface area (Å²) in [4.78, 5) is 20.8. The first-order valence-corrected chi connectivity index (χ1v) is 35.3. The van der Waals surface area contributed by atoms with E-state index in [4.69, 9.17) is 28.4 Å². The molecule has 2 unspecified atom stereocenters. The molecule has 0 aromatic carbocycles. The van der Waals surface area contributed by atoms with Crippen LogP contribution in [0, 0.1) is 0 Å². The molecule has 0 amide bonds. The number of aliphatic hydroxyl groups is 1. The van der Waals surface area contributed by atoms with Crippen LogP contribution in [-0.2, 0) is 33.0 Å². The standard InChI is InChI=1S/C65H133O10P/c1-5-9-13-17-21-25-29-33-37-41-45-49-53-70-57-62(73-55-51-47-43-39-35-31-27-23-19-15-11-7-3)59-72-61-64(66)65(76(67,68)69)75-60-63(74-56-52-48-44-40-36-32-28-24-20-16-12-8-4)58-71-54-50-46-42-38-34-30-26-22-18-14-10-6-2/h62-66H,5-61H2,1-4H3,(H2,67,68,69)/t62-,63-,64?,65?/m1/s1. The van der Waals surface area contributed by atoms with E-state index < -0.39 is 25.6 Å². The van der Waals surface area contributed by atoms with Gasteiger partial charge < -0.3 is 43.3 Å². The Morgan fingerprint density at radius 2 is 0.500 bits per heavy atom. The fourth-order valence-corrected chi connectivity index (χ4v) is 11.1. The third-order valence-electron chi connectivity index (χ3n) is 15.3. The Morgan fingerprint density at radius 1 is 0.276 bits per heavy atom. The van der Waals surface area contributed by atoms with E-state index in [9.17, 15) is 19.5 Å². The molecule has 10 nitrogen and oxygen atoms in total. The minimum Gasteiger partial charge on any atom is -0.387 e. The Hall–Kier alpha value is -0.130. The van der Waals surface area contributed by atoms with Crippen LogP contribution in [0.2, 0.25) is 0 Å². The van der Waals surface area contributed by atoms with Crippen molar-refractivity contribution in [1.82, 2.24) is 0 Å². The zero-order valence-corrected chi connectivity index (χ0v) is 52.2. The van der Waals surface area contributed by atoms with Gasteiger partial charge in [-0.05, 0) is 25.7 Å². The third-order valence-corrected chi connectivity index (χ3v) is 16.5. The lowest BCUT2D eigenvalue weighted by Crippen LogP contribution is -2.38. The molecule has 4 atom stereocenters. The Balaban J connectivity index is 5.10. The average Bonchev–Trinajstić information content (AvgIpc) is 3.40. The molecule has 0 aliphatic carbocycles. The zero-order valence-electron chi connectivity index (χ0n) is 51.3. The van der Waals surface area contributed by atoms with Gasteiger partial charge >= 0.3 is 7.60 Å². The number of unbranched alkanes of at least 4 members (excludes halogenated alkanes) is 44. The van der Waals surface area contributed by atoms with Crippen molar-refractivity contribution in [3.8, 4) is 0 Å². The lowest BCUT2D eigenvalue weighted by Gasteiger charge is -2.27. The van der Waals surface area contributed by atoms with Gasteiger partial charge in [-0.3, -0.25) is 4.57 Å². The Bertz CT molecular complexity index is 1130. The van der Waals surface area contributed by atoms with E-state index in [0.717, 1.165) is 51.4 Å². The molecule has 458 valence electrons. The largest absolute Gasteiger partial charge is 0.387 e. The summed E-state index contributed by atoms with van der Waals surface area (Å²) >= 11 is 0. The monoisotopic (exact) mass is 1100 g/mol. The highest BCUT2D eigenvalue weighted by Gasteiger charge is 2.37. The molecular weight excluding hydrogens is 972 g/mol. The van der Waals surface area contributed by atoms with Crippen LogP contribution in [0.1, 0.15) is 336 Å². The van der Waals surface area contributed by atoms with Crippen molar-refractivity contribution < 1.29 is 47.9 Å². The number of hydrogen-bond donors (Lipinski definition) is 3. The molecule has 0 aliphatic rings. The van der Waals surface area contributed by atoms with Gasteiger partial charge in [-0.25, -0.2) is 0 Å². The van der Waals surface area contributed by atoms with E-state index in [-0.39, 0.29) is 32.5 Å². The first kappa shape index (κ1) is 75.9. The topological polar surface area (TPSA) is 133 Å². The van der Waals surface area contributed by atoms with Crippen LogP contribution in [0.3, 0.4) is 0 Å². The molecule has 0 aliphatic heterocycles. The SMILES string of the molecule is CCCCCCCCCCCCCCOC[C@H](COCC(O)C(OC[C@@H](COCCCCCCCCCCCCCC)OCCCCCCCCCCCCCC)P(=O)(O)O)OCCCCCCCCCCCCCC. The predicted octanol–water partition coefficient (Wildman–Crippen LogP) is 19.5. The summed E-state index contributed by atoms with van der Waals surface area (Å²) in [6, 6.07) is 0. The highest BCUT2D eigenvalue weighted by atomic mass is 31.2. The maximum absolute atomic E-state index is 12.8. The molecule has 0 heterocycles. The predicted molar refractivity (Wildman–Crippen MR) is 324 cm³/mol. The van der Waals surface area contributed by atoms with Gasteiger partial charge in [0.1, 0.15) is 18.3 Å². The number of rotatable bonds is 67. The van der Waals surface area contributed by atoms with Gasteiger partial charge in [0.2, 0.25) is 0 Å². The highest BCUT2D eigenvalue weighted by Crippen LogP contribution is 2.44. The lowest BCUT2D eigenvalue weighted by molar-refractivity contribution is -0.108. The van der Waals surface area contributed by atoms with Crippen LogP contribution >= 0.6 is 7.60 Å². The van der Waals surface area contributed by atoms with Gasteiger partial charge in [0.15, 0.2) is 5.85 Å². The fraction of sp³-hybridized carbons (Fsp3) is 1.00. The molecule has 0 bridgehead atoms. The van der Waals surface area contributed by atoms with Crippen LogP contribution in [0.5, 0.6) is 0 Å². The number of ether oxygens (including phenoxy) is 6. The van der Waals surface area contributed by atoms with E-state index in [1.54, 1.807) is 0 Å². The summed E-state index contributed by atoms with van der Waals surface area (Å²) in [5, 5.41) is 11.2. The zero-order chi connectivity index (χ0) is 55.4. The molecule has 0 radical (unpaired) electrons. The first-order chi connectivity index (χ1) is 37.3. The molecule has 0 rings (SSSR count). The summed E-state index contributed by atoms with van der Waals surface area (Å²) in [5.74, 6) is -1.75. The van der Waals surface area contributed by atoms with E-state index >= 15 is 0 Å². The van der Waals surface area contributed by atoms with Crippen molar-refractivity contribution in [2.24, 2.45) is 0 Å². The van der Waals surface area contributed by atoms with Crippen molar-refractivity contribution in [2.45, 2.75) is 360 Å². The second kappa shape index (κ2) is 62.5. The molecule has 0 aromatic heterocycles. The molecule has 11 heteroatoms. The number of aliphatic hydroxyl groups excluding tert-OH is 1. The Morgan fingerprint density at radius 3 is 0.763 bits per heavy atom. The smallest absolute Gasteiger partial charge is 0.356 e.